The molecule has 104 valence electrons. The van der Waals surface area contributed by atoms with Crippen molar-refractivity contribution in [3.05, 3.63) is 47.8 Å². The van der Waals surface area contributed by atoms with Crippen LogP contribution in [0.3, 0.4) is 0 Å². The van der Waals surface area contributed by atoms with E-state index in [-0.39, 0.29) is 6.04 Å². The van der Waals surface area contributed by atoms with E-state index in [2.05, 4.69) is 46.6 Å². The minimum atomic E-state index is -0.136. The number of hydrogen-bond acceptors (Lipinski definition) is 3. The molecular formula is C15H19N5. The van der Waals surface area contributed by atoms with Crippen LogP contribution < -0.4 is 5.73 Å². The molecular weight excluding hydrogens is 250 g/mol. The molecule has 0 aliphatic carbocycles. The highest BCUT2D eigenvalue weighted by atomic mass is 15.1. The van der Waals surface area contributed by atoms with Crippen LogP contribution in [0.15, 0.2) is 30.7 Å². The molecule has 0 amide bonds. The number of aryl methyl sites for hydroxylation is 2. The molecule has 1 unspecified atom stereocenters. The van der Waals surface area contributed by atoms with Gasteiger partial charge in [-0.2, -0.15) is 0 Å². The highest BCUT2D eigenvalue weighted by Gasteiger charge is 2.17. The number of H-pyrrole nitrogens is 1. The molecule has 0 spiro atoms. The van der Waals surface area contributed by atoms with Crippen LogP contribution >= 0.6 is 0 Å². The Morgan fingerprint density at radius 1 is 1.40 bits per heavy atom. The Bertz CT molecular complexity index is 711. The van der Waals surface area contributed by atoms with Gasteiger partial charge in [-0.1, -0.05) is 6.07 Å². The Labute approximate surface area is 117 Å². The lowest BCUT2D eigenvalue weighted by Gasteiger charge is -2.12. The lowest BCUT2D eigenvalue weighted by Crippen LogP contribution is -2.19. The summed E-state index contributed by atoms with van der Waals surface area (Å²) < 4.78 is 2.19. The highest BCUT2D eigenvalue weighted by Crippen LogP contribution is 2.22. The molecule has 5 heteroatoms. The quantitative estimate of drug-likeness (QED) is 0.763. The summed E-state index contributed by atoms with van der Waals surface area (Å²) in [5, 5.41) is 0. The van der Waals surface area contributed by atoms with E-state index in [4.69, 9.17) is 10.7 Å². The lowest BCUT2D eigenvalue weighted by atomic mass is 10.1. The molecule has 0 radical (unpaired) electrons. The number of rotatable bonds is 4. The van der Waals surface area contributed by atoms with E-state index in [0.29, 0.717) is 6.42 Å². The molecule has 1 atom stereocenters. The first-order valence-corrected chi connectivity index (χ1v) is 6.88. The molecule has 2 heterocycles. The van der Waals surface area contributed by atoms with Crippen molar-refractivity contribution in [3.8, 4) is 0 Å². The number of imidazole rings is 2. The third-order valence-electron chi connectivity index (χ3n) is 3.58. The van der Waals surface area contributed by atoms with E-state index in [0.717, 1.165) is 29.1 Å². The number of aromatic nitrogens is 4. The van der Waals surface area contributed by atoms with Gasteiger partial charge in [0.2, 0.25) is 0 Å². The number of nitrogens with one attached hydrogen (secondary N) is 1. The van der Waals surface area contributed by atoms with Crippen molar-refractivity contribution in [2.45, 2.75) is 32.9 Å². The van der Waals surface area contributed by atoms with E-state index in [1.807, 2.05) is 6.20 Å². The average Bonchev–Trinajstić information content (AvgIpc) is 3.04. The zero-order valence-corrected chi connectivity index (χ0v) is 11.8. The first-order valence-electron chi connectivity index (χ1n) is 6.88. The zero-order chi connectivity index (χ0) is 14.1. The minimum Gasteiger partial charge on any atom is -0.348 e. The van der Waals surface area contributed by atoms with Crippen molar-refractivity contribution in [1.82, 2.24) is 19.5 Å². The van der Waals surface area contributed by atoms with Gasteiger partial charge in [-0.25, -0.2) is 9.97 Å². The summed E-state index contributed by atoms with van der Waals surface area (Å²) in [6, 6.07) is 6.20. The smallest absolute Gasteiger partial charge is 0.127 e. The van der Waals surface area contributed by atoms with Crippen LogP contribution in [-0.2, 0) is 13.0 Å². The molecule has 0 saturated carbocycles. The molecule has 0 aliphatic rings. The van der Waals surface area contributed by atoms with E-state index in [1.165, 1.54) is 5.56 Å². The summed E-state index contributed by atoms with van der Waals surface area (Å²) in [6.07, 6.45) is 4.19. The fraction of sp³-hybridized carbons (Fsp3) is 0.333. The second-order valence-corrected chi connectivity index (χ2v) is 5.09. The van der Waals surface area contributed by atoms with Crippen LogP contribution in [0, 0.1) is 6.92 Å². The van der Waals surface area contributed by atoms with Crippen molar-refractivity contribution < 1.29 is 0 Å². The maximum Gasteiger partial charge on any atom is 0.127 e. The number of hydrogen-bond donors (Lipinski definition) is 2. The van der Waals surface area contributed by atoms with Crippen molar-refractivity contribution in [2.75, 3.05) is 0 Å². The molecule has 3 rings (SSSR count). The molecule has 20 heavy (non-hydrogen) atoms. The Hall–Kier alpha value is -2.14. The molecule has 2 aromatic heterocycles. The molecule has 0 fully saturated rings. The number of aromatic amines is 1. The van der Waals surface area contributed by atoms with Crippen molar-refractivity contribution in [2.24, 2.45) is 5.73 Å². The normalized spacial score (nSPS) is 12.9. The maximum absolute atomic E-state index is 6.33. The summed E-state index contributed by atoms with van der Waals surface area (Å²) >= 11 is 0. The highest BCUT2D eigenvalue weighted by molar-refractivity contribution is 5.77. The number of benzene rings is 1. The molecule has 0 saturated heterocycles. The van der Waals surface area contributed by atoms with Crippen molar-refractivity contribution >= 4 is 11.0 Å². The Morgan fingerprint density at radius 2 is 2.25 bits per heavy atom. The van der Waals surface area contributed by atoms with Gasteiger partial charge >= 0.3 is 0 Å². The van der Waals surface area contributed by atoms with E-state index in [1.54, 1.807) is 6.33 Å². The lowest BCUT2D eigenvalue weighted by molar-refractivity contribution is 0.604. The van der Waals surface area contributed by atoms with E-state index in [9.17, 15) is 0 Å². The van der Waals surface area contributed by atoms with Crippen molar-refractivity contribution in [1.29, 1.82) is 0 Å². The average molecular weight is 269 g/mol. The van der Waals surface area contributed by atoms with Gasteiger partial charge in [0.05, 0.1) is 23.4 Å². The Balaban J connectivity index is 2.01. The van der Waals surface area contributed by atoms with Gasteiger partial charge in [0.15, 0.2) is 0 Å². The van der Waals surface area contributed by atoms with Crippen LogP contribution in [0.25, 0.3) is 11.0 Å². The molecule has 5 nitrogen and oxygen atoms in total. The third-order valence-corrected chi connectivity index (χ3v) is 3.58. The van der Waals surface area contributed by atoms with Crippen LogP contribution in [0.4, 0.5) is 0 Å². The van der Waals surface area contributed by atoms with Crippen LogP contribution in [0.1, 0.15) is 30.0 Å². The first-order chi connectivity index (χ1) is 9.69. The molecule has 1 aromatic carbocycles. The largest absolute Gasteiger partial charge is 0.348 e. The van der Waals surface area contributed by atoms with Gasteiger partial charge < -0.3 is 15.3 Å². The number of nitrogens with zero attached hydrogens (tertiary/aromatic N) is 3. The minimum absolute atomic E-state index is 0.136. The number of nitrogens with two attached hydrogens (primary N) is 1. The number of fused-ring (bicyclic) bond motifs is 1. The summed E-state index contributed by atoms with van der Waals surface area (Å²) in [4.78, 5) is 11.8. The van der Waals surface area contributed by atoms with Gasteiger partial charge in [0.1, 0.15) is 5.82 Å². The van der Waals surface area contributed by atoms with E-state index >= 15 is 0 Å². The van der Waals surface area contributed by atoms with Gasteiger partial charge in [-0.15, -0.1) is 0 Å². The van der Waals surface area contributed by atoms with Gasteiger partial charge in [0.25, 0.3) is 0 Å². The second-order valence-electron chi connectivity index (χ2n) is 5.09. The molecule has 0 bridgehead atoms. The SMILES string of the molecule is CCn1c(C(N)Cc2cnc[nH]2)nc2cc(C)ccc21. The second kappa shape index (κ2) is 5.09. The third kappa shape index (κ3) is 2.20. The fourth-order valence-corrected chi connectivity index (χ4v) is 2.60. The predicted molar refractivity (Wildman–Crippen MR) is 79.4 cm³/mol. The summed E-state index contributed by atoms with van der Waals surface area (Å²) in [7, 11) is 0. The van der Waals surface area contributed by atoms with Gasteiger partial charge in [0, 0.05) is 24.9 Å². The Kier molecular flexibility index (Phi) is 3.28. The van der Waals surface area contributed by atoms with E-state index < -0.39 is 0 Å². The summed E-state index contributed by atoms with van der Waals surface area (Å²) in [6.45, 7) is 5.06. The molecule has 3 N–H and O–H groups in total. The van der Waals surface area contributed by atoms with Crippen molar-refractivity contribution in [3.63, 3.8) is 0 Å². The monoisotopic (exact) mass is 269 g/mol. The van der Waals surface area contributed by atoms with Crippen LogP contribution in [0.5, 0.6) is 0 Å². The van der Waals surface area contributed by atoms with Gasteiger partial charge in [-0.05, 0) is 31.5 Å². The summed E-state index contributed by atoms with van der Waals surface area (Å²) in [5.41, 5.74) is 10.7. The topological polar surface area (TPSA) is 72.5 Å². The predicted octanol–water partition coefficient (Wildman–Crippen LogP) is 2.33. The first kappa shape index (κ1) is 12.9. The molecule has 3 aromatic rings. The standard InChI is InChI=1S/C15H19N5/c1-3-20-14-5-4-10(2)6-13(14)19-15(20)12(16)7-11-8-17-9-18-11/h4-6,8-9,12H,3,7,16H2,1-2H3,(H,17,18). The summed E-state index contributed by atoms with van der Waals surface area (Å²) in [5.74, 6) is 0.933. The Morgan fingerprint density at radius 3 is 2.95 bits per heavy atom. The van der Waals surface area contributed by atoms with Crippen LogP contribution in [-0.4, -0.2) is 19.5 Å². The maximum atomic E-state index is 6.33. The fourth-order valence-electron chi connectivity index (χ4n) is 2.60. The zero-order valence-electron chi connectivity index (χ0n) is 11.8. The van der Waals surface area contributed by atoms with Gasteiger partial charge in [-0.3, -0.25) is 0 Å². The van der Waals surface area contributed by atoms with Crippen LogP contribution in [0.2, 0.25) is 0 Å². The molecule has 0 aliphatic heterocycles.